The van der Waals surface area contributed by atoms with Crippen molar-refractivity contribution in [3.05, 3.63) is 54.1 Å². The average molecular weight is 340 g/mol. The van der Waals surface area contributed by atoms with Crippen LogP contribution in [0.15, 0.2) is 48.5 Å². The van der Waals surface area contributed by atoms with Crippen LogP contribution in [0.2, 0.25) is 0 Å². The number of hydrogen-bond donors (Lipinski definition) is 2. The van der Waals surface area contributed by atoms with E-state index in [-0.39, 0.29) is 12.0 Å². The number of hydrogen-bond acceptors (Lipinski definition) is 4. The number of nitrogens with one attached hydrogen (secondary N) is 2. The predicted octanol–water partition coefficient (Wildman–Crippen LogP) is 3.47. The zero-order valence-electron chi connectivity index (χ0n) is 14.5. The minimum atomic E-state index is -0.303. The van der Waals surface area contributed by atoms with Crippen molar-refractivity contribution >= 4 is 17.3 Å². The summed E-state index contributed by atoms with van der Waals surface area (Å²) < 4.78 is 10.5. The molecule has 1 unspecified atom stereocenters. The first kappa shape index (κ1) is 17.3. The molecule has 1 amide bonds. The molecule has 1 aliphatic rings. The van der Waals surface area contributed by atoms with Crippen molar-refractivity contribution in [1.29, 1.82) is 0 Å². The Hall–Kier alpha value is -2.53. The molecule has 5 nitrogen and oxygen atoms in total. The average Bonchev–Trinajstić information content (AvgIpc) is 3.19. The maximum atomic E-state index is 12.0. The van der Waals surface area contributed by atoms with E-state index >= 15 is 0 Å². The van der Waals surface area contributed by atoms with E-state index in [1.807, 2.05) is 36.4 Å². The molecule has 1 fully saturated rings. The van der Waals surface area contributed by atoms with Gasteiger partial charge >= 0.3 is 0 Å². The normalized spacial score (nSPS) is 16.4. The van der Waals surface area contributed by atoms with Gasteiger partial charge < -0.3 is 20.1 Å². The molecule has 132 valence electrons. The van der Waals surface area contributed by atoms with Crippen molar-refractivity contribution in [1.82, 2.24) is 0 Å². The van der Waals surface area contributed by atoms with Crippen LogP contribution in [-0.4, -0.2) is 32.3 Å². The lowest BCUT2D eigenvalue weighted by atomic mass is 10.1. The van der Waals surface area contributed by atoms with Gasteiger partial charge in [-0.2, -0.15) is 0 Å². The predicted molar refractivity (Wildman–Crippen MR) is 99.2 cm³/mol. The maximum Gasteiger partial charge on any atom is 0.253 e. The van der Waals surface area contributed by atoms with Crippen LogP contribution in [0.25, 0.3) is 0 Å². The molecule has 0 aromatic heterocycles. The highest BCUT2D eigenvalue weighted by Crippen LogP contribution is 2.17. The Kier molecular flexibility index (Phi) is 5.90. The third-order valence-electron chi connectivity index (χ3n) is 4.28. The molecule has 2 N–H and O–H groups in total. The molecular weight excluding hydrogens is 316 g/mol. The number of methoxy groups -OCH3 is 1. The zero-order valence-corrected chi connectivity index (χ0v) is 14.5. The smallest absolute Gasteiger partial charge is 0.253 e. The second kappa shape index (κ2) is 8.53. The van der Waals surface area contributed by atoms with Crippen LogP contribution in [-0.2, 0) is 16.0 Å². The van der Waals surface area contributed by atoms with Gasteiger partial charge in [-0.05, 0) is 61.2 Å². The van der Waals surface area contributed by atoms with Gasteiger partial charge in [0.1, 0.15) is 11.9 Å². The Morgan fingerprint density at radius 2 is 1.84 bits per heavy atom. The van der Waals surface area contributed by atoms with Gasteiger partial charge in [-0.3, -0.25) is 4.79 Å². The van der Waals surface area contributed by atoms with Gasteiger partial charge in [0.05, 0.1) is 7.11 Å². The molecule has 1 heterocycles. The number of benzene rings is 2. The molecule has 5 heteroatoms. The third kappa shape index (κ3) is 4.97. The summed E-state index contributed by atoms with van der Waals surface area (Å²) in [4.78, 5) is 12.0. The molecule has 0 bridgehead atoms. The first-order valence-corrected chi connectivity index (χ1v) is 8.64. The fourth-order valence-corrected chi connectivity index (χ4v) is 2.82. The van der Waals surface area contributed by atoms with Crippen LogP contribution in [0.1, 0.15) is 18.4 Å². The molecule has 0 radical (unpaired) electrons. The van der Waals surface area contributed by atoms with Crippen LogP contribution in [0.5, 0.6) is 5.75 Å². The highest BCUT2D eigenvalue weighted by molar-refractivity contribution is 5.94. The summed E-state index contributed by atoms with van der Waals surface area (Å²) in [6, 6.07) is 15.8. The first-order valence-electron chi connectivity index (χ1n) is 8.64. The molecule has 1 atom stereocenters. The van der Waals surface area contributed by atoms with Crippen LogP contribution < -0.4 is 15.4 Å². The molecule has 0 aliphatic carbocycles. The van der Waals surface area contributed by atoms with Gasteiger partial charge in [-0.15, -0.1) is 0 Å². The van der Waals surface area contributed by atoms with Crippen LogP contribution in [0.4, 0.5) is 11.4 Å². The second-order valence-corrected chi connectivity index (χ2v) is 6.09. The van der Waals surface area contributed by atoms with Gasteiger partial charge in [-0.25, -0.2) is 0 Å². The SMILES string of the molecule is COc1ccc(CCNc2ccc(NC(=O)C3CCCO3)cc2)cc1. The van der Waals surface area contributed by atoms with Crippen molar-refractivity contribution in [2.24, 2.45) is 0 Å². The minimum Gasteiger partial charge on any atom is -0.497 e. The van der Waals surface area contributed by atoms with E-state index in [2.05, 4.69) is 22.8 Å². The molecule has 2 aromatic rings. The van der Waals surface area contributed by atoms with E-state index in [0.717, 1.165) is 42.9 Å². The highest BCUT2D eigenvalue weighted by atomic mass is 16.5. The van der Waals surface area contributed by atoms with E-state index in [1.165, 1.54) is 5.56 Å². The maximum absolute atomic E-state index is 12.0. The van der Waals surface area contributed by atoms with Crippen LogP contribution in [0.3, 0.4) is 0 Å². The summed E-state index contributed by atoms with van der Waals surface area (Å²) in [5.41, 5.74) is 3.08. The van der Waals surface area contributed by atoms with E-state index in [9.17, 15) is 4.79 Å². The zero-order chi connectivity index (χ0) is 17.5. The Morgan fingerprint density at radius 1 is 1.12 bits per heavy atom. The molecule has 1 saturated heterocycles. The number of carbonyl (C=O) groups is 1. The fraction of sp³-hybridized carbons (Fsp3) is 0.350. The minimum absolute atomic E-state index is 0.0577. The van der Waals surface area contributed by atoms with Gasteiger partial charge in [-0.1, -0.05) is 12.1 Å². The molecule has 2 aromatic carbocycles. The van der Waals surface area contributed by atoms with Crippen molar-refractivity contribution in [3.63, 3.8) is 0 Å². The Labute approximate surface area is 148 Å². The number of ether oxygens (including phenoxy) is 2. The molecular formula is C20H24N2O3. The lowest BCUT2D eigenvalue weighted by Crippen LogP contribution is -2.26. The summed E-state index contributed by atoms with van der Waals surface area (Å²) in [5, 5.41) is 6.29. The number of rotatable bonds is 7. The lowest BCUT2D eigenvalue weighted by Gasteiger charge is -2.11. The van der Waals surface area contributed by atoms with Crippen molar-refractivity contribution < 1.29 is 14.3 Å². The van der Waals surface area contributed by atoms with E-state index < -0.39 is 0 Å². The molecule has 1 aliphatic heterocycles. The van der Waals surface area contributed by atoms with Crippen molar-refractivity contribution in [2.75, 3.05) is 30.9 Å². The van der Waals surface area contributed by atoms with E-state index in [0.29, 0.717) is 6.61 Å². The van der Waals surface area contributed by atoms with Gasteiger partial charge in [0, 0.05) is 24.5 Å². The third-order valence-corrected chi connectivity index (χ3v) is 4.28. The summed E-state index contributed by atoms with van der Waals surface area (Å²) in [5.74, 6) is 0.815. The fourth-order valence-electron chi connectivity index (χ4n) is 2.82. The summed E-state index contributed by atoms with van der Waals surface area (Å²) in [7, 11) is 1.67. The monoisotopic (exact) mass is 340 g/mol. The second-order valence-electron chi connectivity index (χ2n) is 6.09. The molecule has 0 spiro atoms. The van der Waals surface area contributed by atoms with Crippen molar-refractivity contribution in [3.8, 4) is 5.75 Å². The molecule has 0 saturated carbocycles. The number of amides is 1. The topological polar surface area (TPSA) is 59.6 Å². The summed E-state index contributed by atoms with van der Waals surface area (Å²) >= 11 is 0. The van der Waals surface area contributed by atoms with E-state index in [4.69, 9.17) is 9.47 Å². The molecule has 3 rings (SSSR count). The summed E-state index contributed by atoms with van der Waals surface area (Å²) in [6.07, 6.45) is 2.38. The standard InChI is InChI=1S/C20H24N2O3/c1-24-18-10-4-15(5-11-18)12-13-21-16-6-8-17(9-7-16)22-20(23)19-3-2-14-25-19/h4-11,19,21H,2-3,12-14H2,1H3,(H,22,23). The Morgan fingerprint density at radius 3 is 2.48 bits per heavy atom. The van der Waals surface area contributed by atoms with Gasteiger partial charge in [0.25, 0.3) is 5.91 Å². The Balaban J connectivity index is 1.44. The van der Waals surface area contributed by atoms with Crippen LogP contribution in [0, 0.1) is 0 Å². The number of anilines is 2. The summed E-state index contributed by atoms with van der Waals surface area (Å²) in [6.45, 7) is 1.52. The molecule has 25 heavy (non-hydrogen) atoms. The van der Waals surface area contributed by atoms with Crippen LogP contribution >= 0.6 is 0 Å². The quantitative estimate of drug-likeness (QED) is 0.810. The highest BCUT2D eigenvalue weighted by Gasteiger charge is 2.23. The largest absolute Gasteiger partial charge is 0.497 e. The number of carbonyl (C=O) groups excluding carboxylic acids is 1. The Bertz CT molecular complexity index is 677. The van der Waals surface area contributed by atoms with E-state index in [1.54, 1.807) is 7.11 Å². The van der Waals surface area contributed by atoms with Gasteiger partial charge in [0.15, 0.2) is 0 Å². The lowest BCUT2D eigenvalue weighted by molar-refractivity contribution is -0.124. The first-order chi connectivity index (χ1) is 12.2. The van der Waals surface area contributed by atoms with Gasteiger partial charge in [0.2, 0.25) is 0 Å². The van der Waals surface area contributed by atoms with Crippen molar-refractivity contribution in [2.45, 2.75) is 25.4 Å².